The summed E-state index contributed by atoms with van der Waals surface area (Å²) in [6.45, 7) is 5.86. The Morgan fingerprint density at radius 2 is 2.10 bits per heavy atom. The van der Waals surface area contributed by atoms with Gasteiger partial charge in [0.05, 0.1) is 24.5 Å². The van der Waals surface area contributed by atoms with Gasteiger partial charge in [0.2, 0.25) is 5.91 Å². The average Bonchev–Trinajstić information content (AvgIpc) is 2.87. The molecule has 0 saturated heterocycles. The normalized spacial score (nSPS) is 16.4. The van der Waals surface area contributed by atoms with Crippen LogP contribution in [-0.4, -0.2) is 24.3 Å². The van der Waals surface area contributed by atoms with E-state index in [1.165, 1.54) is 0 Å². The molecule has 6 nitrogen and oxygen atoms in total. The second-order valence-corrected chi connectivity index (χ2v) is 5.95. The third-order valence-corrected chi connectivity index (χ3v) is 3.22. The third kappa shape index (κ3) is 2.07. The van der Waals surface area contributed by atoms with Crippen LogP contribution in [0.15, 0.2) is 12.1 Å². The number of rotatable bonds is 0. The van der Waals surface area contributed by atoms with E-state index in [1.807, 2.05) is 32.9 Å². The van der Waals surface area contributed by atoms with Crippen LogP contribution in [0, 0.1) is 0 Å². The molecule has 3 rings (SSSR count). The van der Waals surface area contributed by atoms with E-state index in [2.05, 4.69) is 10.6 Å². The van der Waals surface area contributed by atoms with Crippen molar-refractivity contribution >= 4 is 29.1 Å². The lowest BCUT2D eigenvalue weighted by molar-refractivity contribution is -0.115. The van der Waals surface area contributed by atoms with E-state index < -0.39 is 5.60 Å². The Balaban J connectivity index is 1.91. The zero-order valence-corrected chi connectivity index (χ0v) is 11.7. The maximum atomic E-state index is 12.2. The first-order chi connectivity index (χ1) is 9.35. The van der Waals surface area contributed by atoms with Crippen molar-refractivity contribution in [1.29, 1.82) is 0 Å². The van der Waals surface area contributed by atoms with Crippen LogP contribution >= 0.6 is 0 Å². The van der Waals surface area contributed by atoms with Crippen molar-refractivity contribution in [3.8, 4) is 0 Å². The fraction of sp³-hybridized carbons (Fsp3) is 0.429. The van der Waals surface area contributed by atoms with E-state index in [-0.39, 0.29) is 12.0 Å². The number of benzene rings is 1. The first kappa shape index (κ1) is 12.8. The van der Waals surface area contributed by atoms with Gasteiger partial charge < -0.3 is 15.4 Å². The molecule has 0 fully saturated rings. The number of nitrogens with one attached hydrogen (secondary N) is 2. The van der Waals surface area contributed by atoms with Crippen molar-refractivity contribution in [2.24, 2.45) is 0 Å². The monoisotopic (exact) mass is 275 g/mol. The first-order valence-corrected chi connectivity index (χ1v) is 6.55. The first-order valence-electron chi connectivity index (χ1n) is 6.55. The summed E-state index contributed by atoms with van der Waals surface area (Å²) in [5.41, 5.74) is 2.79. The molecule has 2 N–H and O–H groups in total. The predicted molar refractivity (Wildman–Crippen MR) is 76.0 cm³/mol. The molecule has 6 heteroatoms. The van der Waals surface area contributed by atoms with Crippen LogP contribution in [0.5, 0.6) is 0 Å². The molecule has 0 radical (unpaired) electrons. The Hall–Kier alpha value is -2.24. The maximum absolute atomic E-state index is 12.2. The number of amides is 2. The van der Waals surface area contributed by atoms with Crippen LogP contribution < -0.4 is 15.5 Å². The van der Waals surface area contributed by atoms with Crippen molar-refractivity contribution < 1.29 is 14.3 Å². The van der Waals surface area contributed by atoms with Crippen LogP contribution in [0.25, 0.3) is 0 Å². The second-order valence-electron chi connectivity index (χ2n) is 5.95. The van der Waals surface area contributed by atoms with E-state index in [0.29, 0.717) is 13.1 Å². The van der Waals surface area contributed by atoms with Gasteiger partial charge in [0.15, 0.2) is 0 Å². The van der Waals surface area contributed by atoms with Crippen LogP contribution in [0.3, 0.4) is 0 Å². The molecular formula is C14H17N3O3. The van der Waals surface area contributed by atoms with Crippen molar-refractivity contribution in [2.45, 2.75) is 32.8 Å². The van der Waals surface area contributed by atoms with E-state index in [9.17, 15) is 9.59 Å². The van der Waals surface area contributed by atoms with E-state index in [0.717, 1.165) is 22.6 Å². The molecule has 0 saturated carbocycles. The maximum Gasteiger partial charge on any atom is 0.416 e. The minimum atomic E-state index is -0.534. The smallest absolute Gasteiger partial charge is 0.416 e. The molecule has 0 bridgehead atoms. The van der Waals surface area contributed by atoms with E-state index in [4.69, 9.17) is 4.74 Å². The lowest BCUT2D eigenvalue weighted by atomic mass is 10.1. The number of anilines is 3. The Labute approximate surface area is 117 Å². The summed E-state index contributed by atoms with van der Waals surface area (Å²) < 4.78 is 5.38. The van der Waals surface area contributed by atoms with Gasteiger partial charge in [-0.15, -0.1) is 0 Å². The zero-order valence-electron chi connectivity index (χ0n) is 11.7. The van der Waals surface area contributed by atoms with Crippen LogP contribution in [0.2, 0.25) is 0 Å². The van der Waals surface area contributed by atoms with Crippen molar-refractivity contribution in [1.82, 2.24) is 0 Å². The Bertz CT molecular complexity index is 604. The summed E-state index contributed by atoms with van der Waals surface area (Å²) in [5, 5.41) is 5.97. The lowest BCUT2D eigenvalue weighted by Crippen LogP contribution is -2.36. The van der Waals surface area contributed by atoms with Gasteiger partial charge in [-0.2, -0.15) is 0 Å². The highest BCUT2D eigenvalue weighted by molar-refractivity contribution is 6.06. The number of carbonyl (C=O) groups excluding carboxylic acids is 2. The van der Waals surface area contributed by atoms with E-state index >= 15 is 0 Å². The molecule has 0 spiro atoms. The molecule has 20 heavy (non-hydrogen) atoms. The van der Waals surface area contributed by atoms with Gasteiger partial charge in [-0.1, -0.05) is 0 Å². The summed E-state index contributed by atoms with van der Waals surface area (Å²) in [5.74, 6) is -0.0223. The topological polar surface area (TPSA) is 70.7 Å². The highest BCUT2D eigenvalue weighted by atomic mass is 16.6. The molecule has 1 aromatic carbocycles. The minimum Gasteiger partial charge on any atom is -0.443 e. The molecule has 2 aliphatic rings. The molecule has 2 heterocycles. The van der Waals surface area contributed by atoms with Gasteiger partial charge in [-0.05, 0) is 32.9 Å². The summed E-state index contributed by atoms with van der Waals surface area (Å²) in [6, 6.07) is 3.65. The second kappa shape index (κ2) is 4.13. The predicted octanol–water partition coefficient (Wildman–Crippen LogP) is 2.31. The molecule has 2 amide bonds. The SMILES string of the molecule is CC(C)(C)OC(=O)N1CNc2c1ccc1c2CC(=O)N1. The molecule has 0 atom stereocenters. The number of carbonyl (C=O) groups is 2. The quantitative estimate of drug-likeness (QED) is 0.762. The molecule has 106 valence electrons. The van der Waals surface area contributed by atoms with Gasteiger partial charge >= 0.3 is 6.09 Å². The molecule has 0 unspecified atom stereocenters. The van der Waals surface area contributed by atoms with Crippen molar-refractivity contribution in [3.63, 3.8) is 0 Å². The molecule has 0 aliphatic carbocycles. The average molecular weight is 275 g/mol. The minimum absolute atomic E-state index is 0.0223. The summed E-state index contributed by atoms with van der Waals surface area (Å²) in [6.07, 6.45) is -0.0470. The molecule has 0 aromatic heterocycles. The number of nitrogens with zero attached hydrogens (tertiary/aromatic N) is 1. The Morgan fingerprint density at radius 3 is 2.80 bits per heavy atom. The zero-order chi connectivity index (χ0) is 14.5. The Kier molecular flexibility index (Phi) is 2.64. The molecular weight excluding hydrogens is 258 g/mol. The fourth-order valence-electron chi connectivity index (χ4n) is 2.44. The third-order valence-electron chi connectivity index (χ3n) is 3.22. The summed E-state index contributed by atoms with van der Waals surface area (Å²) >= 11 is 0. The van der Waals surface area contributed by atoms with Crippen LogP contribution in [0.4, 0.5) is 21.9 Å². The number of hydrogen-bond donors (Lipinski definition) is 2. The Morgan fingerprint density at radius 1 is 1.35 bits per heavy atom. The van der Waals surface area contributed by atoms with Gasteiger partial charge in [-0.3, -0.25) is 9.69 Å². The highest BCUT2D eigenvalue weighted by Crippen LogP contribution is 2.41. The number of hydrogen-bond acceptors (Lipinski definition) is 4. The molecule has 1 aromatic rings. The van der Waals surface area contributed by atoms with Crippen molar-refractivity contribution in [3.05, 3.63) is 17.7 Å². The standard InChI is InChI=1S/C14H17N3O3/c1-14(2,3)20-13(19)17-7-15-12-8-6-11(18)16-9(8)4-5-10(12)17/h4-5,15H,6-7H2,1-3H3,(H,16,18). The van der Waals surface area contributed by atoms with Gasteiger partial charge in [0.1, 0.15) is 5.60 Å². The van der Waals surface area contributed by atoms with Gasteiger partial charge in [0.25, 0.3) is 0 Å². The van der Waals surface area contributed by atoms with Crippen molar-refractivity contribution in [2.75, 3.05) is 22.2 Å². The van der Waals surface area contributed by atoms with E-state index in [1.54, 1.807) is 4.90 Å². The highest BCUT2D eigenvalue weighted by Gasteiger charge is 2.33. The fourth-order valence-corrected chi connectivity index (χ4v) is 2.44. The van der Waals surface area contributed by atoms with Crippen LogP contribution in [0.1, 0.15) is 26.3 Å². The summed E-state index contributed by atoms with van der Waals surface area (Å²) in [4.78, 5) is 25.2. The number of fused-ring (bicyclic) bond motifs is 3. The molecule has 2 aliphatic heterocycles. The van der Waals surface area contributed by atoms with Crippen LogP contribution in [-0.2, 0) is 16.0 Å². The van der Waals surface area contributed by atoms with Gasteiger partial charge in [-0.25, -0.2) is 4.79 Å². The largest absolute Gasteiger partial charge is 0.443 e. The van der Waals surface area contributed by atoms with Gasteiger partial charge in [0, 0.05) is 11.3 Å². The summed E-state index contributed by atoms with van der Waals surface area (Å²) in [7, 11) is 0. The lowest BCUT2D eigenvalue weighted by Gasteiger charge is -2.24. The number of ether oxygens (including phenoxy) is 1.